The van der Waals surface area contributed by atoms with E-state index in [4.69, 9.17) is 11.6 Å². The third kappa shape index (κ3) is 1.71. The van der Waals surface area contributed by atoms with Gasteiger partial charge in [-0.05, 0) is 12.1 Å². The summed E-state index contributed by atoms with van der Waals surface area (Å²) in [4.78, 5) is 0. The summed E-state index contributed by atoms with van der Waals surface area (Å²) in [6.45, 7) is 0. The van der Waals surface area contributed by atoms with Crippen LogP contribution in [0.3, 0.4) is 0 Å². The molecule has 0 N–H and O–H groups in total. The first-order chi connectivity index (χ1) is 5.16. The molecule has 0 amide bonds. The maximum atomic E-state index is 12.7. The largest absolute Gasteiger partial charge is 0.207 e. The molecule has 0 nitrogen and oxygen atoms in total. The van der Waals surface area contributed by atoms with Crippen LogP contribution in [-0.2, 0) is 5.33 Å². The van der Waals surface area contributed by atoms with Gasteiger partial charge in [0, 0.05) is 10.9 Å². The Morgan fingerprint density at radius 3 is 2.27 bits per heavy atom. The van der Waals surface area contributed by atoms with Crippen molar-refractivity contribution < 1.29 is 8.78 Å². The predicted octanol–water partition coefficient (Wildman–Crippen LogP) is 3.51. The molecule has 0 atom stereocenters. The summed E-state index contributed by atoms with van der Waals surface area (Å²) in [5.74, 6) is -1.09. The maximum Gasteiger partial charge on any atom is 0.142 e. The molecular weight excluding hydrogens is 237 g/mol. The SMILES string of the molecule is Fc1ccc(F)c(CBr)c1Cl. The van der Waals surface area contributed by atoms with Crippen molar-refractivity contribution in [2.75, 3.05) is 0 Å². The van der Waals surface area contributed by atoms with Gasteiger partial charge in [0.25, 0.3) is 0 Å². The lowest BCUT2D eigenvalue weighted by Crippen LogP contribution is -1.90. The third-order valence-corrected chi connectivity index (χ3v) is 2.24. The maximum absolute atomic E-state index is 12.7. The van der Waals surface area contributed by atoms with E-state index in [-0.39, 0.29) is 15.9 Å². The normalized spacial score (nSPS) is 10.2. The second-order valence-corrected chi connectivity index (χ2v) is 2.89. The van der Waals surface area contributed by atoms with Crippen molar-refractivity contribution in [3.05, 3.63) is 34.4 Å². The average Bonchev–Trinajstić information content (AvgIpc) is 1.99. The predicted molar refractivity (Wildman–Crippen MR) is 44.0 cm³/mol. The van der Waals surface area contributed by atoms with E-state index < -0.39 is 11.6 Å². The first-order valence-corrected chi connectivity index (χ1v) is 4.35. The molecule has 0 aliphatic rings. The number of alkyl halides is 1. The van der Waals surface area contributed by atoms with Gasteiger partial charge in [-0.15, -0.1) is 0 Å². The molecule has 1 rings (SSSR count). The van der Waals surface area contributed by atoms with Gasteiger partial charge in [-0.3, -0.25) is 0 Å². The van der Waals surface area contributed by atoms with Crippen molar-refractivity contribution in [2.24, 2.45) is 0 Å². The Balaban J connectivity index is 3.29. The van der Waals surface area contributed by atoms with Gasteiger partial charge in [-0.2, -0.15) is 0 Å². The summed E-state index contributed by atoms with van der Waals surface area (Å²) < 4.78 is 25.4. The van der Waals surface area contributed by atoms with E-state index >= 15 is 0 Å². The van der Waals surface area contributed by atoms with E-state index in [0.717, 1.165) is 12.1 Å². The fourth-order valence-electron chi connectivity index (χ4n) is 0.692. The average molecular weight is 241 g/mol. The fraction of sp³-hybridized carbons (Fsp3) is 0.143. The molecular formula is C7H4BrClF2. The Kier molecular flexibility index (Phi) is 2.84. The fourth-order valence-corrected chi connectivity index (χ4v) is 1.62. The zero-order valence-electron chi connectivity index (χ0n) is 5.37. The molecule has 0 saturated carbocycles. The summed E-state index contributed by atoms with van der Waals surface area (Å²) in [5.41, 5.74) is 0.159. The van der Waals surface area contributed by atoms with Crippen molar-refractivity contribution in [2.45, 2.75) is 5.33 Å². The minimum absolute atomic E-state index is 0.151. The number of benzene rings is 1. The van der Waals surface area contributed by atoms with E-state index in [1.807, 2.05) is 0 Å². The van der Waals surface area contributed by atoms with Gasteiger partial charge < -0.3 is 0 Å². The van der Waals surface area contributed by atoms with Crippen LogP contribution >= 0.6 is 27.5 Å². The molecule has 0 bridgehead atoms. The van der Waals surface area contributed by atoms with Crippen LogP contribution in [0.4, 0.5) is 8.78 Å². The molecule has 0 aromatic heterocycles. The molecule has 60 valence electrons. The highest BCUT2D eigenvalue weighted by molar-refractivity contribution is 9.08. The zero-order chi connectivity index (χ0) is 8.43. The van der Waals surface area contributed by atoms with Gasteiger partial charge in [-0.25, -0.2) is 8.78 Å². The van der Waals surface area contributed by atoms with Crippen LogP contribution in [-0.4, -0.2) is 0 Å². The standard InChI is InChI=1S/C7H4BrClF2/c8-3-4-5(10)1-2-6(11)7(4)9/h1-2H,3H2. The lowest BCUT2D eigenvalue weighted by molar-refractivity contribution is 0.592. The molecule has 0 radical (unpaired) electrons. The molecule has 1 aromatic carbocycles. The monoisotopic (exact) mass is 240 g/mol. The first kappa shape index (κ1) is 8.94. The van der Waals surface area contributed by atoms with Gasteiger partial charge >= 0.3 is 0 Å². The van der Waals surface area contributed by atoms with E-state index in [1.165, 1.54) is 0 Å². The minimum atomic E-state index is -0.595. The topological polar surface area (TPSA) is 0 Å². The van der Waals surface area contributed by atoms with Crippen LogP contribution in [0.25, 0.3) is 0 Å². The van der Waals surface area contributed by atoms with E-state index in [9.17, 15) is 8.78 Å². The Morgan fingerprint density at radius 2 is 1.82 bits per heavy atom. The molecule has 0 unspecified atom stereocenters. The quantitative estimate of drug-likeness (QED) is 0.521. The zero-order valence-corrected chi connectivity index (χ0v) is 7.72. The van der Waals surface area contributed by atoms with Crippen LogP contribution in [0.2, 0.25) is 5.02 Å². The second-order valence-electron chi connectivity index (χ2n) is 1.96. The van der Waals surface area contributed by atoms with Gasteiger partial charge in [0.15, 0.2) is 0 Å². The van der Waals surface area contributed by atoms with Crippen LogP contribution < -0.4 is 0 Å². The summed E-state index contributed by atoms with van der Waals surface area (Å²) >= 11 is 8.46. The molecule has 0 saturated heterocycles. The van der Waals surface area contributed by atoms with Crippen molar-refractivity contribution in [1.82, 2.24) is 0 Å². The molecule has 0 spiro atoms. The molecule has 1 aromatic rings. The second kappa shape index (κ2) is 3.50. The lowest BCUT2D eigenvalue weighted by atomic mass is 10.2. The number of rotatable bonds is 1. The third-order valence-electron chi connectivity index (χ3n) is 1.27. The summed E-state index contributed by atoms with van der Waals surface area (Å²) in [6, 6.07) is 2.06. The Bertz CT molecular complexity index is 275. The number of halogens is 4. The van der Waals surface area contributed by atoms with E-state index in [1.54, 1.807) is 0 Å². The minimum Gasteiger partial charge on any atom is -0.207 e. The molecule has 0 aliphatic heterocycles. The van der Waals surface area contributed by atoms with Crippen molar-refractivity contribution >= 4 is 27.5 Å². The molecule has 0 aliphatic carbocycles. The molecule has 4 heteroatoms. The van der Waals surface area contributed by atoms with Crippen molar-refractivity contribution in [3.8, 4) is 0 Å². The van der Waals surface area contributed by atoms with Crippen LogP contribution in [0.1, 0.15) is 5.56 Å². The highest BCUT2D eigenvalue weighted by atomic mass is 79.9. The van der Waals surface area contributed by atoms with Crippen LogP contribution in [0.15, 0.2) is 12.1 Å². The Labute approximate surface area is 76.3 Å². The highest BCUT2D eigenvalue weighted by Gasteiger charge is 2.09. The number of hydrogen-bond donors (Lipinski definition) is 0. The molecule has 0 fully saturated rings. The summed E-state index contributed by atoms with van der Waals surface area (Å²) in [7, 11) is 0. The Morgan fingerprint density at radius 1 is 1.27 bits per heavy atom. The highest BCUT2D eigenvalue weighted by Crippen LogP contribution is 2.24. The van der Waals surface area contributed by atoms with E-state index in [2.05, 4.69) is 15.9 Å². The van der Waals surface area contributed by atoms with Crippen LogP contribution in [0, 0.1) is 11.6 Å². The first-order valence-electron chi connectivity index (χ1n) is 2.85. The van der Waals surface area contributed by atoms with Gasteiger partial charge in [0.1, 0.15) is 11.6 Å². The van der Waals surface area contributed by atoms with Gasteiger partial charge in [0.2, 0.25) is 0 Å². The smallest absolute Gasteiger partial charge is 0.142 e. The lowest BCUT2D eigenvalue weighted by Gasteiger charge is -2.01. The van der Waals surface area contributed by atoms with E-state index in [0.29, 0.717) is 0 Å². The van der Waals surface area contributed by atoms with Gasteiger partial charge in [-0.1, -0.05) is 27.5 Å². The summed E-state index contributed by atoms with van der Waals surface area (Å²) in [6.07, 6.45) is 0. The van der Waals surface area contributed by atoms with Crippen molar-refractivity contribution in [1.29, 1.82) is 0 Å². The van der Waals surface area contributed by atoms with Gasteiger partial charge in [0.05, 0.1) is 5.02 Å². The summed E-state index contributed by atoms with van der Waals surface area (Å²) in [5, 5.41) is 0.0666. The Hall–Kier alpha value is -0.150. The van der Waals surface area contributed by atoms with Crippen LogP contribution in [0.5, 0.6) is 0 Å². The number of hydrogen-bond acceptors (Lipinski definition) is 0. The molecule has 11 heavy (non-hydrogen) atoms. The molecule has 0 heterocycles. The van der Waals surface area contributed by atoms with Crippen molar-refractivity contribution in [3.63, 3.8) is 0 Å².